The molecule has 0 radical (unpaired) electrons. The van der Waals surface area contributed by atoms with Crippen LogP contribution in [0.3, 0.4) is 0 Å². The highest BCUT2D eigenvalue weighted by Gasteiger charge is 2.12. The predicted molar refractivity (Wildman–Crippen MR) is 51.5 cm³/mol. The Hall–Kier alpha value is -1.66. The molecule has 0 atom stereocenters. The van der Waals surface area contributed by atoms with E-state index in [9.17, 15) is 9.59 Å². The van der Waals surface area contributed by atoms with Crippen LogP contribution in [0.5, 0.6) is 0 Å². The minimum atomic E-state index is -0.728. The second-order valence-electron chi connectivity index (χ2n) is 2.76. The molecule has 1 aromatic rings. The summed E-state index contributed by atoms with van der Waals surface area (Å²) in [5, 5.41) is 8.03. The smallest absolute Gasteiger partial charge is 0.253 e. The molecule has 0 N–H and O–H groups in total. The standard InChI is InChI=1S/C10H6ClNO2/c1-6-2-7(5-13)3-8(10(11)14)9(6)4-12/h2-3,5H,1H3. The summed E-state index contributed by atoms with van der Waals surface area (Å²) in [6.45, 7) is 1.65. The molecule has 0 aliphatic heterocycles. The number of benzene rings is 1. The maximum Gasteiger partial charge on any atom is 0.253 e. The number of hydrogen-bond donors (Lipinski definition) is 0. The fraction of sp³-hybridized carbons (Fsp3) is 0.100. The van der Waals surface area contributed by atoms with Gasteiger partial charge in [0.2, 0.25) is 0 Å². The third-order valence-electron chi connectivity index (χ3n) is 1.82. The molecule has 70 valence electrons. The van der Waals surface area contributed by atoms with Gasteiger partial charge in [-0.3, -0.25) is 9.59 Å². The van der Waals surface area contributed by atoms with Gasteiger partial charge >= 0.3 is 0 Å². The Morgan fingerprint density at radius 3 is 2.64 bits per heavy atom. The second-order valence-corrected chi connectivity index (χ2v) is 3.11. The van der Waals surface area contributed by atoms with Crippen LogP contribution in [-0.4, -0.2) is 11.5 Å². The Morgan fingerprint density at radius 1 is 1.57 bits per heavy atom. The molecule has 0 amide bonds. The van der Waals surface area contributed by atoms with Gasteiger partial charge in [-0.15, -0.1) is 0 Å². The summed E-state index contributed by atoms with van der Waals surface area (Å²) in [6, 6.07) is 4.73. The molecule has 1 rings (SSSR count). The van der Waals surface area contributed by atoms with E-state index < -0.39 is 5.24 Å². The number of aryl methyl sites for hydroxylation is 1. The molecule has 0 aliphatic carbocycles. The number of nitriles is 1. The third-order valence-corrected chi connectivity index (χ3v) is 2.02. The Bertz CT molecular complexity index is 446. The van der Waals surface area contributed by atoms with Gasteiger partial charge in [0.15, 0.2) is 0 Å². The highest BCUT2D eigenvalue weighted by atomic mass is 35.5. The van der Waals surface area contributed by atoms with Crippen molar-refractivity contribution in [2.75, 3.05) is 0 Å². The van der Waals surface area contributed by atoms with Gasteiger partial charge in [-0.1, -0.05) is 0 Å². The summed E-state index contributed by atoms with van der Waals surface area (Å²) in [6.07, 6.45) is 0.609. The molecule has 0 aromatic heterocycles. The Morgan fingerprint density at radius 2 is 2.21 bits per heavy atom. The summed E-state index contributed by atoms with van der Waals surface area (Å²) < 4.78 is 0. The molecule has 14 heavy (non-hydrogen) atoms. The van der Waals surface area contributed by atoms with Crippen molar-refractivity contribution in [3.05, 3.63) is 34.4 Å². The van der Waals surface area contributed by atoms with Crippen LogP contribution < -0.4 is 0 Å². The van der Waals surface area contributed by atoms with Gasteiger partial charge in [-0.25, -0.2) is 0 Å². The summed E-state index contributed by atoms with van der Waals surface area (Å²) in [4.78, 5) is 21.4. The maximum absolute atomic E-state index is 10.9. The highest BCUT2D eigenvalue weighted by Crippen LogP contribution is 2.17. The molecule has 0 unspecified atom stereocenters. The van der Waals surface area contributed by atoms with Crippen LogP contribution in [0.4, 0.5) is 0 Å². The molecule has 0 saturated heterocycles. The van der Waals surface area contributed by atoms with Crippen molar-refractivity contribution < 1.29 is 9.59 Å². The molecule has 0 heterocycles. The molecule has 4 heteroatoms. The van der Waals surface area contributed by atoms with E-state index in [1.807, 2.05) is 6.07 Å². The number of rotatable bonds is 2. The third kappa shape index (κ3) is 1.81. The molecule has 0 saturated carbocycles. The Kier molecular flexibility index (Phi) is 3.00. The minimum absolute atomic E-state index is 0.0799. The number of hydrogen-bond acceptors (Lipinski definition) is 3. The van der Waals surface area contributed by atoms with Crippen molar-refractivity contribution in [1.29, 1.82) is 5.26 Å². The zero-order chi connectivity index (χ0) is 10.7. The fourth-order valence-electron chi connectivity index (χ4n) is 1.19. The van der Waals surface area contributed by atoms with E-state index in [2.05, 4.69) is 0 Å². The molecule has 0 aliphatic rings. The van der Waals surface area contributed by atoms with Crippen LogP contribution in [-0.2, 0) is 0 Å². The zero-order valence-electron chi connectivity index (χ0n) is 7.37. The number of aldehydes is 1. The Labute approximate surface area is 85.9 Å². The van der Waals surface area contributed by atoms with Gasteiger partial charge < -0.3 is 0 Å². The van der Waals surface area contributed by atoms with Crippen LogP contribution in [0.25, 0.3) is 0 Å². The Balaban J connectivity index is 3.53. The van der Waals surface area contributed by atoms with E-state index >= 15 is 0 Å². The van der Waals surface area contributed by atoms with Gasteiger partial charge in [0.1, 0.15) is 12.4 Å². The number of carbonyl (C=O) groups excluding carboxylic acids is 2. The first kappa shape index (κ1) is 10.4. The number of carbonyl (C=O) groups is 2. The quantitative estimate of drug-likeness (QED) is 0.551. The monoisotopic (exact) mass is 207 g/mol. The van der Waals surface area contributed by atoms with E-state index in [0.29, 0.717) is 17.4 Å². The number of nitrogens with zero attached hydrogens (tertiary/aromatic N) is 1. The lowest BCUT2D eigenvalue weighted by atomic mass is 10.0. The second kappa shape index (κ2) is 4.03. The van der Waals surface area contributed by atoms with Gasteiger partial charge in [-0.2, -0.15) is 5.26 Å². The van der Waals surface area contributed by atoms with Crippen molar-refractivity contribution in [2.45, 2.75) is 6.92 Å². The predicted octanol–water partition coefficient (Wildman–Crippen LogP) is 2.06. The van der Waals surface area contributed by atoms with Gasteiger partial charge in [0.05, 0.1) is 11.1 Å². The van der Waals surface area contributed by atoms with Crippen LogP contribution >= 0.6 is 11.6 Å². The van der Waals surface area contributed by atoms with Gasteiger partial charge in [0, 0.05) is 5.56 Å². The topological polar surface area (TPSA) is 57.9 Å². The summed E-state index contributed by atoms with van der Waals surface area (Å²) in [5.41, 5.74) is 1.21. The van der Waals surface area contributed by atoms with Crippen molar-refractivity contribution >= 4 is 23.1 Å². The maximum atomic E-state index is 10.9. The van der Waals surface area contributed by atoms with E-state index in [1.54, 1.807) is 6.92 Å². The average molecular weight is 208 g/mol. The highest BCUT2D eigenvalue weighted by molar-refractivity contribution is 6.68. The van der Waals surface area contributed by atoms with Crippen molar-refractivity contribution in [3.63, 3.8) is 0 Å². The summed E-state index contributed by atoms with van der Waals surface area (Å²) in [5.74, 6) is 0. The van der Waals surface area contributed by atoms with Crippen molar-refractivity contribution in [1.82, 2.24) is 0 Å². The first-order valence-electron chi connectivity index (χ1n) is 3.80. The van der Waals surface area contributed by atoms with E-state index in [4.69, 9.17) is 16.9 Å². The summed E-state index contributed by atoms with van der Waals surface area (Å²) in [7, 11) is 0. The van der Waals surface area contributed by atoms with Crippen molar-refractivity contribution in [2.24, 2.45) is 0 Å². The van der Waals surface area contributed by atoms with Gasteiger partial charge in [0.25, 0.3) is 5.24 Å². The zero-order valence-corrected chi connectivity index (χ0v) is 8.13. The molecular weight excluding hydrogens is 202 g/mol. The lowest BCUT2D eigenvalue weighted by molar-refractivity contribution is 0.108. The van der Waals surface area contributed by atoms with Crippen LogP contribution in [0, 0.1) is 18.3 Å². The fourth-order valence-corrected chi connectivity index (χ4v) is 1.34. The average Bonchev–Trinajstić information content (AvgIpc) is 2.16. The molecule has 0 bridgehead atoms. The first-order chi connectivity index (χ1) is 6.60. The normalized spacial score (nSPS) is 9.21. The van der Waals surface area contributed by atoms with E-state index in [1.165, 1.54) is 12.1 Å². The van der Waals surface area contributed by atoms with E-state index in [-0.39, 0.29) is 11.1 Å². The molecular formula is C10H6ClNO2. The minimum Gasteiger partial charge on any atom is -0.298 e. The molecule has 1 aromatic carbocycles. The van der Waals surface area contributed by atoms with Crippen LogP contribution in [0.15, 0.2) is 12.1 Å². The van der Waals surface area contributed by atoms with Gasteiger partial charge in [-0.05, 0) is 36.2 Å². The molecule has 0 fully saturated rings. The molecule has 0 spiro atoms. The lowest BCUT2D eigenvalue weighted by Gasteiger charge is -2.03. The lowest BCUT2D eigenvalue weighted by Crippen LogP contribution is -1.99. The molecule has 3 nitrogen and oxygen atoms in total. The van der Waals surface area contributed by atoms with Crippen LogP contribution in [0.2, 0.25) is 0 Å². The first-order valence-corrected chi connectivity index (χ1v) is 4.17. The largest absolute Gasteiger partial charge is 0.298 e. The SMILES string of the molecule is Cc1cc(C=O)cc(C(=O)Cl)c1C#N. The van der Waals surface area contributed by atoms with Crippen LogP contribution in [0.1, 0.15) is 31.8 Å². The summed E-state index contributed by atoms with van der Waals surface area (Å²) >= 11 is 5.28. The number of halogens is 1. The van der Waals surface area contributed by atoms with E-state index in [0.717, 1.165) is 0 Å². The van der Waals surface area contributed by atoms with Crippen molar-refractivity contribution in [3.8, 4) is 6.07 Å².